The first kappa shape index (κ1) is 15.5. The number of aliphatic hydroxyl groups is 1. The average Bonchev–Trinajstić information content (AvgIpc) is 2.45. The van der Waals surface area contributed by atoms with Gasteiger partial charge in [-0.2, -0.15) is 0 Å². The van der Waals surface area contributed by atoms with Crippen molar-refractivity contribution in [3.8, 4) is 0 Å². The van der Waals surface area contributed by atoms with Crippen molar-refractivity contribution in [3.63, 3.8) is 0 Å². The number of halogens is 1. The number of rotatable bonds is 5. The highest BCUT2D eigenvalue weighted by Crippen LogP contribution is 2.22. The van der Waals surface area contributed by atoms with Gasteiger partial charge >= 0.3 is 0 Å². The average molecular weight is 296 g/mol. The molecule has 1 fully saturated rings. The lowest BCUT2D eigenvalue weighted by Crippen LogP contribution is -2.44. The quantitative estimate of drug-likeness (QED) is 0.848. The Morgan fingerprint density at radius 3 is 2.85 bits per heavy atom. The Balaban J connectivity index is 1.86. The molecule has 1 saturated carbocycles. The van der Waals surface area contributed by atoms with Crippen LogP contribution in [0.4, 0.5) is 0 Å². The lowest BCUT2D eigenvalue weighted by Gasteiger charge is -2.35. The highest BCUT2D eigenvalue weighted by molar-refractivity contribution is 6.31. The van der Waals surface area contributed by atoms with Crippen LogP contribution in [0.25, 0.3) is 0 Å². The van der Waals surface area contributed by atoms with Crippen LogP contribution in [-0.4, -0.2) is 41.5 Å². The maximum atomic E-state index is 12.1. The van der Waals surface area contributed by atoms with Crippen LogP contribution in [0.3, 0.4) is 0 Å². The molecule has 2 atom stereocenters. The summed E-state index contributed by atoms with van der Waals surface area (Å²) < 4.78 is 0. The Hall–Kier alpha value is -0.900. The number of carbonyl (C=O) groups is 1. The number of hydrogen-bond acceptors (Lipinski definition) is 3. The molecular formula is C16H22ClNO2. The lowest BCUT2D eigenvalue weighted by atomic mass is 9.91. The van der Waals surface area contributed by atoms with Crippen molar-refractivity contribution in [2.75, 3.05) is 13.6 Å². The molecule has 0 aromatic heterocycles. The van der Waals surface area contributed by atoms with Crippen molar-refractivity contribution in [1.82, 2.24) is 4.90 Å². The Labute approximate surface area is 125 Å². The van der Waals surface area contributed by atoms with Gasteiger partial charge in [-0.15, -0.1) is 0 Å². The van der Waals surface area contributed by atoms with Gasteiger partial charge < -0.3 is 10.0 Å². The van der Waals surface area contributed by atoms with Gasteiger partial charge in [0.15, 0.2) is 5.78 Å². The Morgan fingerprint density at radius 1 is 1.40 bits per heavy atom. The molecule has 20 heavy (non-hydrogen) atoms. The van der Waals surface area contributed by atoms with Crippen LogP contribution in [0.5, 0.6) is 0 Å². The fourth-order valence-corrected chi connectivity index (χ4v) is 3.05. The summed E-state index contributed by atoms with van der Waals surface area (Å²) in [6.45, 7) is 0.674. The standard InChI is InChI=1S/C16H22ClNO2/c1-18(14-7-2-3-8-16(14)20)10-9-15(19)12-5-4-6-13(17)11-12/h4-6,11,14,16,20H,2-3,7-10H2,1H3. The molecule has 4 heteroatoms. The van der Waals surface area contributed by atoms with Gasteiger partial charge in [0.25, 0.3) is 0 Å². The van der Waals surface area contributed by atoms with E-state index in [0.29, 0.717) is 23.6 Å². The molecule has 0 aliphatic heterocycles. The second-order valence-electron chi connectivity index (χ2n) is 5.58. The molecule has 0 bridgehead atoms. The van der Waals surface area contributed by atoms with Gasteiger partial charge in [0.05, 0.1) is 6.10 Å². The minimum Gasteiger partial charge on any atom is -0.391 e. The summed E-state index contributed by atoms with van der Waals surface area (Å²) in [5.41, 5.74) is 0.662. The van der Waals surface area contributed by atoms with E-state index in [9.17, 15) is 9.90 Å². The predicted molar refractivity (Wildman–Crippen MR) is 81.3 cm³/mol. The Kier molecular flexibility index (Phi) is 5.58. The maximum absolute atomic E-state index is 12.1. The summed E-state index contributed by atoms with van der Waals surface area (Å²) >= 11 is 5.90. The van der Waals surface area contributed by atoms with E-state index in [1.165, 1.54) is 0 Å². The van der Waals surface area contributed by atoms with Crippen LogP contribution < -0.4 is 0 Å². The zero-order chi connectivity index (χ0) is 14.5. The second-order valence-corrected chi connectivity index (χ2v) is 6.02. The SMILES string of the molecule is CN(CCC(=O)c1cccc(Cl)c1)C1CCCCC1O. The monoisotopic (exact) mass is 295 g/mol. The number of likely N-dealkylation sites (N-methyl/N-ethyl adjacent to an activating group) is 1. The van der Waals surface area contributed by atoms with Gasteiger partial charge in [0.1, 0.15) is 0 Å². The molecule has 0 amide bonds. The van der Waals surface area contributed by atoms with Crippen molar-refractivity contribution in [3.05, 3.63) is 34.9 Å². The van der Waals surface area contributed by atoms with Crippen LogP contribution in [0.1, 0.15) is 42.5 Å². The molecule has 1 aliphatic carbocycles. The smallest absolute Gasteiger partial charge is 0.164 e. The number of nitrogens with zero attached hydrogens (tertiary/aromatic N) is 1. The third-order valence-electron chi connectivity index (χ3n) is 4.10. The minimum atomic E-state index is -0.255. The zero-order valence-corrected chi connectivity index (χ0v) is 12.6. The molecule has 2 unspecified atom stereocenters. The number of ketones is 1. The fraction of sp³-hybridized carbons (Fsp3) is 0.562. The molecule has 1 aromatic rings. The third kappa shape index (κ3) is 4.05. The van der Waals surface area contributed by atoms with Crippen LogP contribution in [0.2, 0.25) is 5.02 Å². The molecule has 1 aliphatic rings. The van der Waals surface area contributed by atoms with Crippen molar-refractivity contribution in [1.29, 1.82) is 0 Å². The molecule has 110 valence electrons. The topological polar surface area (TPSA) is 40.5 Å². The largest absolute Gasteiger partial charge is 0.391 e. The van der Waals surface area contributed by atoms with Gasteiger partial charge in [0, 0.05) is 29.6 Å². The highest BCUT2D eigenvalue weighted by atomic mass is 35.5. The first-order valence-corrected chi connectivity index (χ1v) is 7.63. The Bertz CT molecular complexity index is 464. The molecule has 1 aromatic carbocycles. The molecule has 3 nitrogen and oxygen atoms in total. The van der Waals surface area contributed by atoms with Crippen LogP contribution in [-0.2, 0) is 0 Å². The first-order valence-electron chi connectivity index (χ1n) is 7.25. The number of aliphatic hydroxyl groups excluding tert-OH is 1. The normalized spacial score (nSPS) is 23.0. The summed E-state index contributed by atoms with van der Waals surface area (Å²) in [4.78, 5) is 14.2. The highest BCUT2D eigenvalue weighted by Gasteiger charge is 2.26. The Morgan fingerprint density at radius 2 is 2.15 bits per heavy atom. The molecule has 2 rings (SSSR count). The molecule has 0 heterocycles. The van der Waals surface area contributed by atoms with Crippen molar-refractivity contribution >= 4 is 17.4 Å². The number of benzene rings is 1. The lowest BCUT2D eigenvalue weighted by molar-refractivity contribution is 0.0315. The van der Waals surface area contributed by atoms with E-state index in [0.717, 1.165) is 25.7 Å². The summed E-state index contributed by atoms with van der Waals surface area (Å²) in [6.07, 6.45) is 4.36. The van der Waals surface area contributed by atoms with E-state index >= 15 is 0 Å². The maximum Gasteiger partial charge on any atom is 0.164 e. The molecule has 0 saturated heterocycles. The van der Waals surface area contributed by atoms with Crippen molar-refractivity contribution in [2.45, 2.75) is 44.2 Å². The molecule has 1 N–H and O–H groups in total. The van der Waals surface area contributed by atoms with Crippen molar-refractivity contribution < 1.29 is 9.90 Å². The number of hydrogen-bond donors (Lipinski definition) is 1. The summed E-state index contributed by atoms with van der Waals surface area (Å²) in [7, 11) is 1.99. The van der Waals surface area contributed by atoms with E-state index in [4.69, 9.17) is 11.6 Å². The number of Topliss-reactive ketones (excluding diaryl/α,β-unsaturated/α-hetero) is 1. The summed E-state index contributed by atoms with van der Waals surface area (Å²) in [5.74, 6) is 0.102. The fourth-order valence-electron chi connectivity index (χ4n) is 2.86. The van der Waals surface area contributed by atoms with Crippen LogP contribution in [0.15, 0.2) is 24.3 Å². The minimum absolute atomic E-state index is 0.102. The second kappa shape index (κ2) is 7.21. The molecule has 0 radical (unpaired) electrons. The van der Waals surface area contributed by atoms with Crippen molar-refractivity contribution in [2.24, 2.45) is 0 Å². The summed E-state index contributed by atoms with van der Waals surface area (Å²) in [5, 5.41) is 10.6. The van der Waals surface area contributed by atoms with E-state index in [-0.39, 0.29) is 17.9 Å². The van der Waals surface area contributed by atoms with Gasteiger partial charge in [0.2, 0.25) is 0 Å². The van der Waals surface area contributed by atoms with Gasteiger partial charge in [-0.3, -0.25) is 4.79 Å². The zero-order valence-electron chi connectivity index (χ0n) is 11.9. The van der Waals surface area contributed by atoms with Crippen LogP contribution in [0, 0.1) is 0 Å². The molecular weight excluding hydrogens is 274 g/mol. The van der Waals surface area contributed by atoms with Gasteiger partial charge in [-0.1, -0.05) is 36.6 Å². The molecule has 0 spiro atoms. The first-order chi connectivity index (χ1) is 9.58. The van der Waals surface area contributed by atoms with E-state index in [1.54, 1.807) is 24.3 Å². The van der Waals surface area contributed by atoms with E-state index in [1.807, 2.05) is 7.05 Å². The van der Waals surface area contributed by atoms with Gasteiger partial charge in [-0.05, 0) is 32.0 Å². The van der Waals surface area contributed by atoms with E-state index in [2.05, 4.69) is 4.90 Å². The van der Waals surface area contributed by atoms with Gasteiger partial charge in [-0.25, -0.2) is 0 Å². The number of carbonyl (C=O) groups excluding carboxylic acids is 1. The predicted octanol–water partition coefficient (Wildman–Crippen LogP) is 3.15. The van der Waals surface area contributed by atoms with Crippen LogP contribution >= 0.6 is 11.6 Å². The van der Waals surface area contributed by atoms with E-state index < -0.39 is 0 Å². The summed E-state index contributed by atoms with van der Waals surface area (Å²) in [6, 6.07) is 7.26. The third-order valence-corrected chi connectivity index (χ3v) is 4.33.